The van der Waals surface area contributed by atoms with E-state index in [-0.39, 0.29) is 11.6 Å². The van der Waals surface area contributed by atoms with Crippen molar-refractivity contribution in [3.63, 3.8) is 0 Å². The third kappa shape index (κ3) is 4.39. The van der Waals surface area contributed by atoms with Crippen molar-refractivity contribution in [3.8, 4) is 0 Å². The number of pyridine rings is 1. The van der Waals surface area contributed by atoms with Crippen molar-refractivity contribution < 1.29 is 13.6 Å². The molecule has 0 saturated heterocycles. The van der Waals surface area contributed by atoms with Crippen molar-refractivity contribution in [2.75, 3.05) is 0 Å². The van der Waals surface area contributed by atoms with Crippen LogP contribution >= 0.6 is 0 Å². The molecule has 5 heteroatoms. The topological polar surface area (TPSA) is 56.0 Å². The van der Waals surface area contributed by atoms with Gasteiger partial charge >= 0.3 is 0 Å². The highest BCUT2D eigenvalue weighted by molar-refractivity contribution is 5.79. The predicted octanol–water partition coefficient (Wildman–Crippen LogP) is 5.46. The number of hydrogen-bond acceptors (Lipinski definition) is 4. The zero-order valence-corrected chi connectivity index (χ0v) is 17.1. The molecule has 0 bridgehead atoms. The van der Waals surface area contributed by atoms with Crippen LogP contribution in [0.2, 0.25) is 0 Å². The molecule has 1 atom stereocenters. The molecule has 2 heterocycles. The highest BCUT2D eigenvalue weighted by Crippen LogP contribution is 2.28. The third-order valence-electron chi connectivity index (χ3n) is 6.05. The minimum absolute atomic E-state index is 0.229. The average molecular weight is 394 g/mol. The summed E-state index contributed by atoms with van der Waals surface area (Å²) in [5.74, 6) is 1.01. The first-order valence-electron chi connectivity index (χ1n) is 10.5. The smallest absolute Gasteiger partial charge is 0.192 e. The van der Waals surface area contributed by atoms with E-state index in [0.717, 1.165) is 25.7 Å². The highest BCUT2D eigenvalue weighted by atomic mass is 19.1. The Labute approximate surface area is 170 Å². The molecular weight excluding hydrogens is 367 g/mol. The van der Waals surface area contributed by atoms with E-state index in [4.69, 9.17) is 4.42 Å². The van der Waals surface area contributed by atoms with Gasteiger partial charge in [0, 0.05) is 37.2 Å². The van der Waals surface area contributed by atoms with E-state index in [0.29, 0.717) is 59.7 Å². The molecule has 1 aromatic carbocycles. The Morgan fingerprint density at radius 2 is 2.10 bits per heavy atom. The first kappa shape index (κ1) is 19.7. The van der Waals surface area contributed by atoms with Gasteiger partial charge < -0.3 is 4.42 Å². The van der Waals surface area contributed by atoms with E-state index in [1.165, 1.54) is 11.3 Å². The molecule has 0 saturated carbocycles. The number of benzene rings is 1. The monoisotopic (exact) mass is 394 g/mol. The van der Waals surface area contributed by atoms with Gasteiger partial charge in [-0.15, -0.1) is 0 Å². The lowest BCUT2D eigenvalue weighted by molar-refractivity contribution is -0.120. The van der Waals surface area contributed by atoms with Gasteiger partial charge in [-0.1, -0.05) is 6.07 Å². The van der Waals surface area contributed by atoms with Crippen molar-refractivity contribution in [2.45, 2.75) is 65.2 Å². The van der Waals surface area contributed by atoms with Gasteiger partial charge in [-0.2, -0.15) is 0 Å². The number of nitrogens with zero attached hydrogens (tertiary/aromatic N) is 2. The zero-order valence-electron chi connectivity index (χ0n) is 17.1. The van der Waals surface area contributed by atoms with Crippen LogP contribution in [0.4, 0.5) is 4.39 Å². The first-order chi connectivity index (χ1) is 14.0. The highest BCUT2D eigenvalue weighted by Gasteiger charge is 2.20. The van der Waals surface area contributed by atoms with Crippen molar-refractivity contribution >= 4 is 16.9 Å². The van der Waals surface area contributed by atoms with Gasteiger partial charge in [0.05, 0.1) is 0 Å². The minimum atomic E-state index is -0.229. The van der Waals surface area contributed by atoms with Crippen LogP contribution < -0.4 is 0 Å². The second-order valence-electron chi connectivity index (χ2n) is 8.20. The standard InChI is InChI=1S/C24H27FN2O2/c1-15-23(25)19(14-22-24(15)27-16(2)29-22)5-3-7-20(28)13-17-8-10-18-6-4-12-26-21(18)11-9-17/h4,6,12,14,17H,3,5,7-11,13H2,1-2H3. The lowest BCUT2D eigenvalue weighted by Crippen LogP contribution is -2.09. The number of halogens is 1. The van der Waals surface area contributed by atoms with Gasteiger partial charge in [0.15, 0.2) is 11.5 Å². The van der Waals surface area contributed by atoms with Crippen molar-refractivity contribution in [1.82, 2.24) is 9.97 Å². The number of ketones is 1. The lowest BCUT2D eigenvalue weighted by Gasteiger charge is -2.13. The molecule has 4 nitrogen and oxygen atoms in total. The van der Waals surface area contributed by atoms with Gasteiger partial charge in [0.1, 0.15) is 17.1 Å². The van der Waals surface area contributed by atoms with E-state index >= 15 is 0 Å². The van der Waals surface area contributed by atoms with Gasteiger partial charge in [0.25, 0.3) is 0 Å². The first-order valence-corrected chi connectivity index (χ1v) is 10.5. The molecule has 152 valence electrons. The SMILES string of the molecule is Cc1nc2c(C)c(F)c(CCCC(=O)CC3CCc4cccnc4CC3)cc2o1. The van der Waals surface area contributed by atoms with E-state index < -0.39 is 0 Å². The Morgan fingerprint density at radius 1 is 1.28 bits per heavy atom. The van der Waals surface area contributed by atoms with Gasteiger partial charge in [-0.25, -0.2) is 9.37 Å². The Kier molecular flexibility index (Phi) is 5.74. The largest absolute Gasteiger partial charge is 0.441 e. The van der Waals surface area contributed by atoms with E-state index in [1.807, 2.05) is 12.3 Å². The maximum Gasteiger partial charge on any atom is 0.192 e. The van der Waals surface area contributed by atoms with Crippen LogP contribution in [-0.2, 0) is 24.1 Å². The summed E-state index contributed by atoms with van der Waals surface area (Å²) >= 11 is 0. The summed E-state index contributed by atoms with van der Waals surface area (Å²) in [4.78, 5) is 21.2. The molecular formula is C24H27FN2O2. The quantitative estimate of drug-likeness (QED) is 0.521. The summed E-state index contributed by atoms with van der Waals surface area (Å²) in [6.45, 7) is 3.49. The molecule has 0 amide bonds. The van der Waals surface area contributed by atoms with Gasteiger partial charge in [0.2, 0.25) is 0 Å². The van der Waals surface area contributed by atoms with Gasteiger partial charge in [-0.05, 0) is 74.6 Å². The number of rotatable bonds is 6. The number of aromatic nitrogens is 2. The summed E-state index contributed by atoms with van der Waals surface area (Å²) in [5.41, 5.74) is 4.85. The number of carbonyl (C=O) groups excluding carboxylic acids is 1. The number of carbonyl (C=O) groups is 1. The van der Waals surface area contributed by atoms with Crippen LogP contribution in [0, 0.1) is 25.6 Å². The number of fused-ring (bicyclic) bond motifs is 2. The molecule has 0 spiro atoms. The molecule has 0 aliphatic heterocycles. The molecule has 29 heavy (non-hydrogen) atoms. The maximum atomic E-state index is 14.6. The molecule has 2 aromatic heterocycles. The maximum absolute atomic E-state index is 14.6. The predicted molar refractivity (Wildman–Crippen MR) is 110 cm³/mol. The molecule has 1 aliphatic carbocycles. The third-order valence-corrected chi connectivity index (χ3v) is 6.05. The second-order valence-corrected chi connectivity index (χ2v) is 8.20. The number of aryl methyl sites for hydroxylation is 5. The molecule has 1 unspecified atom stereocenters. The Hall–Kier alpha value is -2.56. The summed E-state index contributed by atoms with van der Waals surface area (Å²) in [7, 11) is 0. The van der Waals surface area contributed by atoms with Crippen LogP contribution in [0.15, 0.2) is 28.8 Å². The van der Waals surface area contributed by atoms with Crippen LogP contribution in [-0.4, -0.2) is 15.8 Å². The molecule has 0 N–H and O–H groups in total. The Morgan fingerprint density at radius 3 is 2.97 bits per heavy atom. The Balaban J connectivity index is 1.30. The zero-order chi connectivity index (χ0) is 20.4. The fourth-order valence-corrected chi connectivity index (χ4v) is 4.43. The van der Waals surface area contributed by atoms with Crippen LogP contribution in [0.1, 0.15) is 60.4 Å². The average Bonchev–Trinajstić information content (AvgIpc) is 2.96. The fourth-order valence-electron chi connectivity index (χ4n) is 4.43. The summed E-state index contributed by atoms with van der Waals surface area (Å²) in [6, 6.07) is 5.87. The van der Waals surface area contributed by atoms with Crippen molar-refractivity contribution in [1.29, 1.82) is 0 Å². The Bertz CT molecular complexity index is 1010. The molecule has 0 radical (unpaired) electrons. The lowest BCUT2D eigenvalue weighted by atomic mass is 9.92. The minimum Gasteiger partial charge on any atom is -0.441 e. The molecule has 3 aromatic rings. The van der Waals surface area contributed by atoms with Crippen LogP contribution in [0.3, 0.4) is 0 Å². The number of hydrogen-bond donors (Lipinski definition) is 0. The van der Waals surface area contributed by atoms with E-state index in [2.05, 4.69) is 16.0 Å². The molecule has 1 aliphatic rings. The van der Waals surface area contributed by atoms with E-state index in [1.54, 1.807) is 19.9 Å². The normalized spacial score (nSPS) is 16.6. The van der Waals surface area contributed by atoms with E-state index in [9.17, 15) is 9.18 Å². The molecule has 4 rings (SSSR count). The van der Waals surface area contributed by atoms with Crippen LogP contribution in [0.25, 0.3) is 11.1 Å². The van der Waals surface area contributed by atoms with Crippen molar-refractivity contribution in [2.24, 2.45) is 5.92 Å². The number of oxazole rings is 1. The van der Waals surface area contributed by atoms with Crippen molar-refractivity contribution in [3.05, 3.63) is 58.5 Å². The molecule has 0 fully saturated rings. The summed E-state index contributed by atoms with van der Waals surface area (Å²) in [6.07, 6.45) is 8.17. The number of Topliss-reactive ketones (excluding diaryl/α,β-unsaturated/α-hetero) is 1. The summed E-state index contributed by atoms with van der Waals surface area (Å²) in [5, 5.41) is 0. The second kappa shape index (κ2) is 8.44. The summed E-state index contributed by atoms with van der Waals surface area (Å²) < 4.78 is 20.2. The van der Waals surface area contributed by atoms with Crippen LogP contribution in [0.5, 0.6) is 0 Å². The van der Waals surface area contributed by atoms with Gasteiger partial charge in [-0.3, -0.25) is 9.78 Å². The fraction of sp³-hybridized carbons (Fsp3) is 0.458.